The maximum Gasteiger partial charge on any atom is 0.225 e. The summed E-state index contributed by atoms with van der Waals surface area (Å²) < 4.78 is 9.89. The van der Waals surface area contributed by atoms with Crippen LogP contribution in [0.5, 0.6) is 0 Å². The van der Waals surface area contributed by atoms with Gasteiger partial charge in [0.2, 0.25) is 5.91 Å². The van der Waals surface area contributed by atoms with E-state index in [0.717, 1.165) is 6.42 Å². The fourth-order valence-electron chi connectivity index (χ4n) is 1.52. The van der Waals surface area contributed by atoms with Crippen molar-refractivity contribution in [1.82, 2.24) is 5.32 Å². The number of hydrogen-bond acceptors (Lipinski definition) is 4. The molecule has 1 aliphatic rings. The lowest BCUT2D eigenvalue weighted by molar-refractivity contribution is -0.125. The number of ether oxygens (including phenoxy) is 2. The fraction of sp³-hybridized carbons (Fsp3) is 0.900. The summed E-state index contributed by atoms with van der Waals surface area (Å²) in [4.78, 5) is 11.5. The van der Waals surface area contributed by atoms with Crippen LogP contribution in [0.25, 0.3) is 0 Å². The summed E-state index contributed by atoms with van der Waals surface area (Å²) in [6, 6.07) is 0. The third kappa shape index (κ3) is 4.59. The largest absolute Gasteiger partial charge is 0.391 e. The van der Waals surface area contributed by atoms with Crippen molar-refractivity contribution < 1.29 is 19.4 Å². The van der Waals surface area contributed by atoms with Crippen molar-refractivity contribution in [2.24, 2.45) is 5.92 Å². The Kier molecular flexibility index (Phi) is 5.60. The Bertz CT molecular complexity index is 192. The first kappa shape index (κ1) is 12.4. The van der Waals surface area contributed by atoms with Gasteiger partial charge in [-0.3, -0.25) is 4.79 Å². The summed E-state index contributed by atoms with van der Waals surface area (Å²) in [6.45, 7) is 1.99. The number of carbonyl (C=O) groups is 1. The van der Waals surface area contributed by atoms with Crippen LogP contribution in [-0.4, -0.2) is 50.6 Å². The van der Waals surface area contributed by atoms with E-state index in [1.807, 2.05) is 0 Å². The van der Waals surface area contributed by atoms with Crippen LogP contribution in [0, 0.1) is 5.92 Å². The van der Waals surface area contributed by atoms with E-state index in [1.165, 1.54) is 7.11 Å². The Labute approximate surface area is 89.8 Å². The van der Waals surface area contributed by atoms with E-state index in [9.17, 15) is 9.90 Å². The predicted molar refractivity (Wildman–Crippen MR) is 54.4 cm³/mol. The summed E-state index contributed by atoms with van der Waals surface area (Å²) >= 11 is 0. The minimum atomic E-state index is -0.505. The second kappa shape index (κ2) is 6.76. The third-order valence-corrected chi connectivity index (χ3v) is 2.44. The Morgan fingerprint density at radius 1 is 1.73 bits per heavy atom. The summed E-state index contributed by atoms with van der Waals surface area (Å²) in [5.41, 5.74) is 0. The first-order valence-corrected chi connectivity index (χ1v) is 5.26. The monoisotopic (exact) mass is 217 g/mol. The van der Waals surface area contributed by atoms with Gasteiger partial charge in [0, 0.05) is 20.3 Å². The molecule has 1 amide bonds. The molecule has 1 rings (SSSR count). The van der Waals surface area contributed by atoms with Crippen molar-refractivity contribution in [1.29, 1.82) is 0 Å². The predicted octanol–water partition coefficient (Wildman–Crippen LogP) is -0.463. The molecular formula is C10H19NO4. The smallest absolute Gasteiger partial charge is 0.225 e. The van der Waals surface area contributed by atoms with Crippen molar-refractivity contribution in [2.75, 3.05) is 33.5 Å². The second-order valence-electron chi connectivity index (χ2n) is 3.75. The summed E-state index contributed by atoms with van der Waals surface area (Å²) in [7, 11) is 1.54. The molecule has 0 spiro atoms. The Hall–Kier alpha value is -0.650. The Balaban J connectivity index is 2.06. The van der Waals surface area contributed by atoms with Gasteiger partial charge in [-0.1, -0.05) is 0 Å². The van der Waals surface area contributed by atoms with Crippen molar-refractivity contribution in [3.8, 4) is 0 Å². The molecule has 5 heteroatoms. The molecule has 2 unspecified atom stereocenters. The number of aliphatic hydroxyl groups excluding tert-OH is 1. The number of methoxy groups -OCH3 is 1. The van der Waals surface area contributed by atoms with Crippen LogP contribution < -0.4 is 5.32 Å². The normalized spacial score (nSPS) is 22.7. The van der Waals surface area contributed by atoms with Gasteiger partial charge >= 0.3 is 0 Å². The first-order chi connectivity index (χ1) is 7.24. The summed E-state index contributed by atoms with van der Waals surface area (Å²) in [5, 5.41) is 12.1. The lowest BCUT2D eigenvalue weighted by Crippen LogP contribution is -2.33. The van der Waals surface area contributed by atoms with E-state index in [-0.39, 0.29) is 11.8 Å². The maximum atomic E-state index is 11.5. The molecule has 1 heterocycles. The molecule has 1 aliphatic heterocycles. The van der Waals surface area contributed by atoms with E-state index < -0.39 is 6.10 Å². The minimum Gasteiger partial charge on any atom is -0.391 e. The number of amides is 1. The van der Waals surface area contributed by atoms with Crippen LogP contribution in [-0.2, 0) is 14.3 Å². The van der Waals surface area contributed by atoms with Crippen LogP contribution in [0.4, 0.5) is 0 Å². The minimum absolute atomic E-state index is 0.00966. The highest BCUT2D eigenvalue weighted by molar-refractivity contribution is 5.78. The third-order valence-electron chi connectivity index (χ3n) is 2.44. The van der Waals surface area contributed by atoms with E-state index in [4.69, 9.17) is 9.47 Å². The highest BCUT2D eigenvalue weighted by Crippen LogP contribution is 2.11. The highest BCUT2D eigenvalue weighted by atomic mass is 16.5. The zero-order chi connectivity index (χ0) is 11.1. The molecule has 0 aromatic rings. The standard InChI is InChI=1S/C10H19NO4/c1-14-7-9(12)2-4-11-10(13)8-3-5-15-6-8/h8-9,12H,2-7H2,1H3,(H,11,13). The molecule has 0 saturated carbocycles. The van der Waals surface area contributed by atoms with Gasteiger partial charge in [-0.05, 0) is 12.8 Å². The van der Waals surface area contributed by atoms with E-state index >= 15 is 0 Å². The number of hydrogen-bond donors (Lipinski definition) is 2. The van der Waals surface area contributed by atoms with Gasteiger partial charge in [0.05, 0.1) is 25.2 Å². The van der Waals surface area contributed by atoms with Gasteiger partial charge < -0.3 is 19.9 Å². The maximum absolute atomic E-state index is 11.5. The molecule has 5 nitrogen and oxygen atoms in total. The average Bonchev–Trinajstić information content (AvgIpc) is 2.70. The molecule has 88 valence electrons. The van der Waals surface area contributed by atoms with Gasteiger partial charge in [-0.2, -0.15) is 0 Å². The van der Waals surface area contributed by atoms with Gasteiger partial charge in [0.25, 0.3) is 0 Å². The molecule has 0 aromatic heterocycles. The van der Waals surface area contributed by atoms with Crippen molar-refractivity contribution in [2.45, 2.75) is 18.9 Å². The zero-order valence-corrected chi connectivity index (χ0v) is 9.07. The van der Waals surface area contributed by atoms with E-state index in [0.29, 0.717) is 32.8 Å². The highest BCUT2D eigenvalue weighted by Gasteiger charge is 2.22. The zero-order valence-electron chi connectivity index (χ0n) is 9.07. The Morgan fingerprint density at radius 3 is 3.13 bits per heavy atom. The molecule has 2 N–H and O–H groups in total. The quantitative estimate of drug-likeness (QED) is 0.631. The van der Waals surface area contributed by atoms with Gasteiger partial charge in [0.1, 0.15) is 0 Å². The molecule has 1 saturated heterocycles. The van der Waals surface area contributed by atoms with E-state index in [1.54, 1.807) is 0 Å². The second-order valence-corrected chi connectivity index (χ2v) is 3.75. The van der Waals surface area contributed by atoms with Crippen LogP contribution in [0.3, 0.4) is 0 Å². The Morgan fingerprint density at radius 2 is 2.53 bits per heavy atom. The fourth-order valence-corrected chi connectivity index (χ4v) is 1.52. The molecule has 0 aliphatic carbocycles. The number of nitrogens with one attached hydrogen (secondary N) is 1. The summed E-state index contributed by atoms with van der Waals surface area (Å²) in [5.74, 6) is 0.0154. The van der Waals surface area contributed by atoms with Crippen molar-refractivity contribution in [3.05, 3.63) is 0 Å². The number of aliphatic hydroxyl groups is 1. The average molecular weight is 217 g/mol. The molecule has 0 aromatic carbocycles. The molecule has 15 heavy (non-hydrogen) atoms. The van der Waals surface area contributed by atoms with Gasteiger partial charge in [-0.25, -0.2) is 0 Å². The molecule has 1 fully saturated rings. The van der Waals surface area contributed by atoms with Gasteiger partial charge in [-0.15, -0.1) is 0 Å². The lowest BCUT2D eigenvalue weighted by atomic mass is 10.1. The van der Waals surface area contributed by atoms with E-state index in [2.05, 4.69) is 5.32 Å². The SMILES string of the molecule is COCC(O)CCNC(=O)C1CCOC1. The van der Waals surface area contributed by atoms with Crippen molar-refractivity contribution in [3.63, 3.8) is 0 Å². The molecule has 0 bridgehead atoms. The molecule has 0 radical (unpaired) electrons. The molecule has 2 atom stereocenters. The number of carbonyl (C=O) groups excluding carboxylic acids is 1. The van der Waals surface area contributed by atoms with Gasteiger partial charge in [0.15, 0.2) is 0 Å². The van der Waals surface area contributed by atoms with Crippen LogP contribution >= 0.6 is 0 Å². The summed E-state index contributed by atoms with van der Waals surface area (Å²) in [6.07, 6.45) is 0.815. The molecular weight excluding hydrogens is 198 g/mol. The lowest BCUT2D eigenvalue weighted by Gasteiger charge is -2.12. The first-order valence-electron chi connectivity index (χ1n) is 5.26. The van der Waals surface area contributed by atoms with Crippen molar-refractivity contribution >= 4 is 5.91 Å². The topological polar surface area (TPSA) is 67.8 Å². The van der Waals surface area contributed by atoms with Crippen LogP contribution in [0.2, 0.25) is 0 Å². The number of rotatable bonds is 6. The van der Waals surface area contributed by atoms with Crippen LogP contribution in [0.15, 0.2) is 0 Å². The van der Waals surface area contributed by atoms with Crippen LogP contribution in [0.1, 0.15) is 12.8 Å².